The minimum atomic E-state index is -0.200. The summed E-state index contributed by atoms with van der Waals surface area (Å²) < 4.78 is 0. The molecule has 0 bridgehead atoms. The zero-order chi connectivity index (χ0) is 16.3. The van der Waals surface area contributed by atoms with Gasteiger partial charge in [0.25, 0.3) is 0 Å². The molecular formula is C17H25N3O2. The largest absolute Gasteiger partial charge is 0.336 e. The number of hydrogen-bond acceptors (Lipinski definition) is 2. The molecule has 22 heavy (non-hydrogen) atoms. The number of benzene rings is 1. The molecule has 1 fully saturated rings. The van der Waals surface area contributed by atoms with Gasteiger partial charge in [-0.2, -0.15) is 0 Å². The third-order valence-corrected chi connectivity index (χ3v) is 4.25. The first kappa shape index (κ1) is 16.3. The second-order valence-electron chi connectivity index (χ2n) is 6.10. The van der Waals surface area contributed by atoms with Gasteiger partial charge in [0.2, 0.25) is 5.91 Å². The van der Waals surface area contributed by atoms with E-state index in [0.717, 1.165) is 17.7 Å². The summed E-state index contributed by atoms with van der Waals surface area (Å²) in [4.78, 5) is 25.8. The minimum Gasteiger partial charge on any atom is -0.336 e. The zero-order valence-electron chi connectivity index (χ0n) is 13.8. The fourth-order valence-corrected chi connectivity index (χ4v) is 2.50. The highest BCUT2D eigenvalue weighted by Gasteiger charge is 2.31. The van der Waals surface area contributed by atoms with E-state index in [2.05, 4.69) is 17.6 Å². The zero-order valence-corrected chi connectivity index (χ0v) is 13.8. The van der Waals surface area contributed by atoms with E-state index in [1.54, 1.807) is 4.90 Å². The molecule has 0 radical (unpaired) electrons. The Hall–Kier alpha value is -2.04. The number of hydrogen-bond donors (Lipinski definition) is 2. The third-order valence-electron chi connectivity index (χ3n) is 4.25. The van der Waals surface area contributed by atoms with E-state index >= 15 is 0 Å². The van der Waals surface area contributed by atoms with Crippen LogP contribution >= 0.6 is 0 Å². The van der Waals surface area contributed by atoms with E-state index in [4.69, 9.17) is 0 Å². The molecule has 1 aromatic rings. The van der Waals surface area contributed by atoms with E-state index in [-0.39, 0.29) is 24.0 Å². The summed E-state index contributed by atoms with van der Waals surface area (Å²) in [5.74, 6) is 0.0529. The van der Waals surface area contributed by atoms with Gasteiger partial charge >= 0.3 is 6.03 Å². The molecule has 1 aromatic carbocycles. The summed E-state index contributed by atoms with van der Waals surface area (Å²) in [5, 5.41) is 5.75. The molecule has 1 saturated heterocycles. The summed E-state index contributed by atoms with van der Waals surface area (Å²) in [7, 11) is 0. The average molecular weight is 303 g/mol. The van der Waals surface area contributed by atoms with Crippen LogP contribution < -0.4 is 15.5 Å². The summed E-state index contributed by atoms with van der Waals surface area (Å²) in [6, 6.07) is 5.80. The Labute approximate surface area is 132 Å². The van der Waals surface area contributed by atoms with Crippen molar-refractivity contribution in [1.29, 1.82) is 0 Å². The van der Waals surface area contributed by atoms with Crippen molar-refractivity contribution < 1.29 is 9.59 Å². The Morgan fingerprint density at radius 1 is 1.36 bits per heavy atom. The van der Waals surface area contributed by atoms with E-state index in [9.17, 15) is 9.59 Å². The summed E-state index contributed by atoms with van der Waals surface area (Å²) >= 11 is 0. The third kappa shape index (κ3) is 3.78. The average Bonchev–Trinajstić information content (AvgIpc) is 2.82. The fourth-order valence-electron chi connectivity index (χ4n) is 2.50. The normalized spacial score (nSPS) is 19.2. The van der Waals surface area contributed by atoms with Gasteiger partial charge in [-0.3, -0.25) is 4.79 Å². The predicted molar refractivity (Wildman–Crippen MR) is 88.1 cm³/mol. The number of aryl methyl sites for hydroxylation is 2. The molecular weight excluding hydrogens is 278 g/mol. The Balaban J connectivity index is 1.98. The molecule has 0 spiro atoms. The van der Waals surface area contributed by atoms with Gasteiger partial charge in [-0.15, -0.1) is 0 Å². The van der Waals surface area contributed by atoms with Crippen molar-refractivity contribution in [3.63, 3.8) is 0 Å². The van der Waals surface area contributed by atoms with Gasteiger partial charge in [-0.1, -0.05) is 13.0 Å². The number of urea groups is 1. The van der Waals surface area contributed by atoms with Crippen LogP contribution in [0.15, 0.2) is 18.2 Å². The van der Waals surface area contributed by atoms with Gasteiger partial charge < -0.3 is 15.5 Å². The molecule has 2 atom stereocenters. The maximum Gasteiger partial charge on any atom is 0.315 e. The van der Waals surface area contributed by atoms with Crippen LogP contribution in [-0.2, 0) is 4.79 Å². The van der Waals surface area contributed by atoms with Crippen LogP contribution in [0.5, 0.6) is 0 Å². The molecule has 120 valence electrons. The van der Waals surface area contributed by atoms with Crippen molar-refractivity contribution in [3.05, 3.63) is 29.3 Å². The van der Waals surface area contributed by atoms with Crippen LogP contribution in [0.4, 0.5) is 10.5 Å². The quantitative estimate of drug-likeness (QED) is 0.898. The van der Waals surface area contributed by atoms with Crippen LogP contribution in [-0.4, -0.2) is 30.6 Å². The number of rotatable bonds is 4. The Morgan fingerprint density at radius 3 is 2.73 bits per heavy atom. The van der Waals surface area contributed by atoms with Gasteiger partial charge in [0.15, 0.2) is 0 Å². The number of nitrogens with one attached hydrogen (secondary N) is 2. The molecule has 3 amide bonds. The second kappa shape index (κ2) is 6.81. The molecule has 2 N–H and O–H groups in total. The lowest BCUT2D eigenvalue weighted by Crippen LogP contribution is -2.46. The van der Waals surface area contributed by atoms with Crippen LogP contribution in [0.25, 0.3) is 0 Å². The minimum absolute atomic E-state index is 0.0529. The lowest BCUT2D eigenvalue weighted by atomic mass is 10.1. The van der Waals surface area contributed by atoms with E-state index < -0.39 is 0 Å². The highest BCUT2D eigenvalue weighted by atomic mass is 16.2. The van der Waals surface area contributed by atoms with Crippen molar-refractivity contribution in [2.45, 2.75) is 52.6 Å². The molecule has 5 heteroatoms. The number of anilines is 1. The molecule has 1 heterocycles. The van der Waals surface area contributed by atoms with Gasteiger partial charge in [-0.25, -0.2) is 4.79 Å². The monoisotopic (exact) mass is 303 g/mol. The Kier molecular flexibility index (Phi) is 5.06. The van der Waals surface area contributed by atoms with Gasteiger partial charge in [0.05, 0.1) is 6.04 Å². The maximum atomic E-state index is 12.2. The van der Waals surface area contributed by atoms with Crippen molar-refractivity contribution in [3.8, 4) is 0 Å². The summed E-state index contributed by atoms with van der Waals surface area (Å²) in [6.07, 6.45) is 1.23. The van der Waals surface area contributed by atoms with Crippen molar-refractivity contribution >= 4 is 17.6 Å². The first-order chi connectivity index (χ1) is 10.4. The molecule has 2 unspecified atom stereocenters. The van der Waals surface area contributed by atoms with E-state index in [1.165, 1.54) is 5.56 Å². The highest BCUT2D eigenvalue weighted by Crippen LogP contribution is 2.24. The molecule has 5 nitrogen and oxygen atoms in total. The maximum absolute atomic E-state index is 12.2. The molecule has 0 aromatic heterocycles. The van der Waals surface area contributed by atoms with Crippen LogP contribution in [0.2, 0.25) is 0 Å². The van der Waals surface area contributed by atoms with Gasteiger partial charge in [0.1, 0.15) is 0 Å². The Morgan fingerprint density at radius 2 is 2.09 bits per heavy atom. The van der Waals surface area contributed by atoms with E-state index in [1.807, 2.05) is 39.0 Å². The molecule has 1 aliphatic rings. The van der Waals surface area contributed by atoms with Crippen molar-refractivity contribution in [2.24, 2.45) is 0 Å². The number of carbonyl (C=O) groups is 2. The topological polar surface area (TPSA) is 61.4 Å². The van der Waals surface area contributed by atoms with Crippen molar-refractivity contribution in [1.82, 2.24) is 10.6 Å². The first-order valence-electron chi connectivity index (χ1n) is 7.85. The lowest BCUT2D eigenvalue weighted by molar-refractivity contribution is -0.117. The lowest BCUT2D eigenvalue weighted by Gasteiger charge is -2.19. The summed E-state index contributed by atoms with van der Waals surface area (Å²) in [5.41, 5.74) is 3.27. The standard InChI is InChI=1S/C17H25N3O2/c1-5-13(4)18-17(22)19-14-9-16(21)20(10-14)15-7-6-11(2)12(3)8-15/h6-8,13-14H,5,9-10H2,1-4H3,(H2,18,19,22). The van der Waals surface area contributed by atoms with Crippen LogP contribution in [0.1, 0.15) is 37.8 Å². The van der Waals surface area contributed by atoms with Gasteiger partial charge in [-0.05, 0) is 50.5 Å². The SMILES string of the molecule is CCC(C)NC(=O)NC1CC(=O)N(c2ccc(C)c(C)c2)C1. The Bertz CT molecular complexity index is 571. The number of carbonyl (C=O) groups excluding carboxylic acids is 2. The fraction of sp³-hybridized carbons (Fsp3) is 0.529. The number of amides is 3. The smallest absolute Gasteiger partial charge is 0.315 e. The molecule has 2 rings (SSSR count). The number of nitrogens with zero attached hydrogens (tertiary/aromatic N) is 1. The molecule has 0 aliphatic carbocycles. The first-order valence-corrected chi connectivity index (χ1v) is 7.85. The predicted octanol–water partition coefficient (Wildman–Crippen LogP) is 2.51. The highest BCUT2D eigenvalue weighted by molar-refractivity contribution is 5.96. The molecule has 1 aliphatic heterocycles. The van der Waals surface area contributed by atoms with E-state index in [0.29, 0.717) is 13.0 Å². The second-order valence-corrected chi connectivity index (χ2v) is 6.10. The van der Waals surface area contributed by atoms with Gasteiger partial charge in [0, 0.05) is 24.7 Å². The molecule has 0 saturated carbocycles. The van der Waals surface area contributed by atoms with Crippen molar-refractivity contribution in [2.75, 3.05) is 11.4 Å². The van der Waals surface area contributed by atoms with Crippen LogP contribution in [0, 0.1) is 13.8 Å². The van der Waals surface area contributed by atoms with Crippen LogP contribution in [0.3, 0.4) is 0 Å². The summed E-state index contributed by atoms with van der Waals surface area (Å²) in [6.45, 7) is 8.59.